The Hall–Kier alpha value is -0.0800. The largest absolute Gasteiger partial charge is 0.391 e. The van der Waals surface area contributed by atoms with Gasteiger partial charge in [-0.15, -0.1) is 0 Å². The number of aliphatic hydroxyl groups is 1. The Morgan fingerprint density at radius 2 is 1.76 bits per heavy atom. The molecule has 0 amide bonds. The van der Waals surface area contributed by atoms with Gasteiger partial charge in [0.1, 0.15) is 0 Å². The maximum Gasteiger partial charge on any atom is 0.0695 e. The van der Waals surface area contributed by atoms with Gasteiger partial charge in [0.15, 0.2) is 0 Å². The molecule has 124 valence electrons. The first-order valence-electron chi connectivity index (χ1n) is 9.73. The van der Waals surface area contributed by atoms with E-state index in [0.717, 1.165) is 24.9 Å². The summed E-state index contributed by atoms with van der Waals surface area (Å²) in [7, 11) is 0. The Morgan fingerprint density at radius 3 is 2.52 bits per heavy atom. The van der Waals surface area contributed by atoms with Gasteiger partial charge in [-0.05, 0) is 38.5 Å². The van der Waals surface area contributed by atoms with Gasteiger partial charge < -0.3 is 5.11 Å². The molecule has 0 bridgehead atoms. The van der Waals surface area contributed by atoms with Gasteiger partial charge in [0.2, 0.25) is 0 Å². The van der Waals surface area contributed by atoms with Crippen LogP contribution in [0, 0.1) is 0 Å². The summed E-state index contributed by atoms with van der Waals surface area (Å²) in [6, 6.07) is 2.02. The number of piperidine rings is 1. The highest BCUT2D eigenvalue weighted by Gasteiger charge is 2.42. The third-order valence-electron chi connectivity index (χ3n) is 5.77. The predicted octanol–water partition coefficient (Wildman–Crippen LogP) is 4.89. The maximum atomic E-state index is 10.5. The molecular weight excluding hydrogens is 258 g/mol. The van der Waals surface area contributed by atoms with Crippen molar-refractivity contribution in [3.63, 3.8) is 0 Å². The van der Waals surface area contributed by atoms with E-state index in [1.54, 1.807) is 0 Å². The van der Waals surface area contributed by atoms with Crippen LogP contribution in [-0.4, -0.2) is 34.2 Å². The van der Waals surface area contributed by atoms with E-state index in [9.17, 15) is 5.11 Å². The third kappa shape index (κ3) is 4.69. The summed E-state index contributed by atoms with van der Waals surface area (Å²) in [6.45, 7) is 4.48. The number of nitrogens with zero attached hydrogens (tertiary/aromatic N) is 1. The second-order valence-electron chi connectivity index (χ2n) is 7.39. The van der Waals surface area contributed by atoms with Gasteiger partial charge in [0, 0.05) is 18.1 Å². The van der Waals surface area contributed by atoms with E-state index in [1.165, 1.54) is 70.6 Å². The van der Waals surface area contributed by atoms with Crippen molar-refractivity contribution >= 4 is 0 Å². The first-order valence-corrected chi connectivity index (χ1v) is 9.73. The Labute approximate surface area is 132 Å². The Kier molecular flexibility index (Phi) is 7.53. The van der Waals surface area contributed by atoms with Crippen molar-refractivity contribution in [3.05, 3.63) is 0 Å². The van der Waals surface area contributed by atoms with Gasteiger partial charge in [0.05, 0.1) is 6.10 Å². The molecule has 2 heterocycles. The zero-order valence-corrected chi connectivity index (χ0v) is 14.4. The van der Waals surface area contributed by atoms with E-state index in [4.69, 9.17) is 0 Å². The van der Waals surface area contributed by atoms with Crippen molar-refractivity contribution in [1.29, 1.82) is 0 Å². The molecule has 0 aromatic carbocycles. The van der Waals surface area contributed by atoms with E-state index in [0.29, 0.717) is 6.04 Å². The summed E-state index contributed by atoms with van der Waals surface area (Å²) in [5.41, 5.74) is 0. The van der Waals surface area contributed by atoms with Crippen LogP contribution in [0.2, 0.25) is 0 Å². The number of hydrogen-bond acceptors (Lipinski definition) is 2. The average molecular weight is 296 g/mol. The van der Waals surface area contributed by atoms with Crippen LogP contribution in [0.15, 0.2) is 0 Å². The lowest BCUT2D eigenvalue weighted by atomic mass is 9.92. The molecule has 21 heavy (non-hydrogen) atoms. The Morgan fingerprint density at radius 1 is 0.952 bits per heavy atom. The average Bonchev–Trinajstić information content (AvgIpc) is 2.92. The Bertz CT molecular complexity index is 281. The summed E-state index contributed by atoms with van der Waals surface area (Å²) >= 11 is 0. The summed E-state index contributed by atoms with van der Waals surface area (Å²) < 4.78 is 0. The smallest absolute Gasteiger partial charge is 0.0695 e. The summed E-state index contributed by atoms with van der Waals surface area (Å²) in [4.78, 5) is 2.77. The van der Waals surface area contributed by atoms with Crippen molar-refractivity contribution in [2.75, 3.05) is 0 Å². The number of unbranched alkanes of at least 4 members (excludes halogenated alkanes) is 4. The molecule has 2 rings (SSSR count). The number of aliphatic hydroxyl groups excluding tert-OH is 1. The predicted molar refractivity (Wildman–Crippen MR) is 90.6 cm³/mol. The number of hydrogen-bond donors (Lipinski definition) is 1. The van der Waals surface area contributed by atoms with Crippen molar-refractivity contribution in [3.8, 4) is 0 Å². The minimum absolute atomic E-state index is 0.0827. The first kappa shape index (κ1) is 17.3. The van der Waals surface area contributed by atoms with Crippen LogP contribution >= 0.6 is 0 Å². The molecular formula is C19H37NO. The lowest BCUT2D eigenvalue weighted by Gasteiger charge is -2.43. The summed E-state index contributed by atoms with van der Waals surface area (Å²) in [5.74, 6) is 0. The van der Waals surface area contributed by atoms with Crippen LogP contribution in [0.25, 0.3) is 0 Å². The number of rotatable bonds is 9. The molecule has 2 aliphatic rings. The van der Waals surface area contributed by atoms with Crippen LogP contribution in [0.4, 0.5) is 0 Å². The van der Waals surface area contributed by atoms with Crippen LogP contribution in [0.3, 0.4) is 0 Å². The summed E-state index contributed by atoms with van der Waals surface area (Å²) in [5, 5.41) is 10.5. The van der Waals surface area contributed by atoms with Crippen LogP contribution in [-0.2, 0) is 0 Å². The standard InChI is InChI=1S/C19H37NO/c1-3-5-6-7-8-11-16-12-9-13-17-14-15-18(20(16)17)19(21)10-4-2/h16-19,21H,3-15H2,1-2H3/t16-,17-,18-,19+/m0/s1. The van der Waals surface area contributed by atoms with Gasteiger partial charge in [0.25, 0.3) is 0 Å². The highest BCUT2D eigenvalue weighted by atomic mass is 16.3. The second-order valence-corrected chi connectivity index (χ2v) is 7.39. The molecule has 4 atom stereocenters. The topological polar surface area (TPSA) is 23.5 Å². The first-order chi connectivity index (χ1) is 10.3. The molecule has 2 nitrogen and oxygen atoms in total. The lowest BCUT2D eigenvalue weighted by Crippen LogP contribution is -2.51. The van der Waals surface area contributed by atoms with E-state index < -0.39 is 0 Å². The van der Waals surface area contributed by atoms with E-state index >= 15 is 0 Å². The van der Waals surface area contributed by atoms with Gasteiger partial charge in [-0.2, -0.15) is 0 Å². The van der Waals surface area contributed by atoms with E-state index in [-0.39, 0.29) is 6.10 Å². The van der Waals surface area contributed by atoms with Crippen LogP contribution in [0.5, 0.6) is 0 Å². The summed E-state index contributed by atoms with van der Waals surface area (Å²) in [6.07, 6.45) is 17.1. The van der Waals surface area contributed by atoms with Crippen molar-refractivity contribution in [2.45, 2.75) is 122 Å². The van der Waals surface area contributed by atoms with E-state index in [2.05, 4.69) is 18.7 Å². The molecule has 2 saturated heterocycles. The molecule has 0 spiro atoms. The van der Waals surface area contributed by atoms with Crippen LogP contribution in [0.1, 0.15) is 97.3 Å². The molecule has 0 aromatic heterocycles. The van der Waals surface area contributed by atoms with Gasteiger partial charge in [-0.1, -0.05) is 58.8 Å². The second kappa shape index (κ2) is 9.15. The molecule has 0 saturated carbocycles. The van der Waals surface area contributed by atoms with Crippen LogP contribution < -0.4 is 0 Å². The van der Waals surface area contributed by atoms with Crippen molar-refractivity contribution in [1.82, 2.24) is 4.90 Å². The van der Waals surface area contributed by atoms with Gasteiger partial charge in [-0.25, -0.2) is 0 Å². The molecule has 1 N–H and O–H groups in total. The third-order valence-corrected chi connectivity index (χ3v) is 5.77. The fraction of sp³-hybridized carbons (Fsp3) is 1.00. The highest BCUT2D eigenvalue weighted by molar-refractivity contribution is 4.97. The SMILES string of the molecule is CCCCCCC[C@H]1CCC[C@H]2CC[C@@H]([C@H](O)CCC)N12. The number of fused-ring (bicyclic) bond motifs is 1. The molecule has 2 aliphatic heterocycles. The molecule has 0 aromatic rings. The zero-order valence-electron chi connectivity index (χ0n) is 14.4. The molecule has 0 radical (unpaired) electrons. The monoisotopic (exact) mass is 295 g/mol. The molecule has 2 heteroatoms. The minimum Gasteiger partial charge on any atom is -0.391 e. The zero-order chi connectivity index (χ0) is 15.1. The molecule has 0 unspecified atom stereocenters. The minimum atomic E-state index is -0.0827. The van der Waals surface area contributed by atoms with Gasteiger partial charge in [-0.3, -0.25) is 4.90 Å². The Balaban J connectivity index is 1.84. The highest BCUT2D eigenvalue weighted by Crippen LogP contribution is 2.38. The quantitative estimate of drug-likeness (QED) is 0.612. The van der Waals surface area contributed by atoms with Gasteiger partial charge >= 0.3 is 0 Å². The molecule has 0 aliphatic carbocycles. The maximum absolute atomic E-state index is 10.5. The molecule has 2 fully saturated rings. The fourth-order valence-corrected chi connectivity index (χ4v) is 4.69. The van der Waals surface area contributed by atoms with Crippen molar-refractivity contribution < 1.29 is 5.11 Å². The lowest BCUT2D eigenvalue weighted by molar-refractivity contribution is 0.00316. The normalized spacial score (nSPS) is 31.3. The fourth-order valence-electron chi connectivity index (χ4n) is 4.69. The van der Waals surface area contributed by atoms with E-state index in [1.807, 2.05) is 0 Å². The van der Waals surface area contributed by atoms with Crippen molar-refractivity contribution in [2.24, 2.45) is 0 Å².